The SMILES string of the molecule is CC1(C)CCC(N(Cc2ccc(Oc3ccc4nc[nH]c4c3)cc2)C(=O)OC(C)(C)C)CC1.CC1(C)CCC(NCc2ccc(Oc3ccc4nc[nH]c4c3)cc2)CC1. The molecule has 10 heteroatoms. The average Bonchev–Trinajstić information content (AvgIpc) is 3.87. The summed E-state index contributed by atoms with van der Waals surface area (Å²) in [7, 11) is 0. The fourth-order valence-electron chi connectivity index (χ4n) is 7.99. The van der Waals surface area contributed by atoms with Crippen LogP contribution in [0, 0.1) is 10.8 Å². The van der Waals surface area contributed by atoms with Crippen LogP contribution in [0.1, 0.15) is 111 Å². The van der Waals surface area contributed by atoms with Crippen molar-refractivity contribution < 1.29 is 19.0 Å². The van der Waals surface area contributed by atoms with Gasteiger partial charge in [-0.3, -0.25) is 0 Å². The minimum atomic E-state index is -0.517. The lowest BCUT2D eigenvalue weighted by Gasteiger charge is -2.40. The van der Waals surface area contributed by atoms with Crippen molar-refractivity contribution in [2.24, 2.45) is 10.8 Å². The molecule has 2 heterocycles. The standard InChI is InChI=1S/C27H35N3O3.C22H27N3O/c1-26(2,3)33-25(31)30(20-12-14-27(4,5)15-13-20)17-19-6-8-21(9-7-19)32-22-10-11-23-24(16-22)29-18-28-23;1-22(2)11-9-17(10-12-22)23-14-16-3-5-18(6-4-16)26-19-7-8-20-21(13-19)25-15-24-20/h6-11,16,18,20H,12-15,17H2,1-5H3,(H,28,29);3-8,13,15,17,23H,9-12,14H2,1-2H3,(H,24,25). The van der Waals surface area contributed by atoms with Crippen molar-refractivity contribution in [3.63, 3.8) is 0 Å². The zero-order valence-electron chi connectivity index (χ0n) is 35.9. The van der Waals surface area contributed by atoms with Crippen molar-refractivity contribution in [2.45, 2.75) is 131 Å². The summed E-state index contributed by atoms with van der Waals surface area (Å²) in [5.74, 6) is 3.17. The van der Waals surface area contributed by atoms with Gasteiger partial charge in [0.1, 0.15) is 28.6 Å². The highest BCUT2D eigenvalue weighted by Crippen LogP contribution is 2.38. The van der Waals surface area contributed by atoms with E-state index in [1.54, 1.807) is 12.7 Å². The van der Waals surface area contributed by atoms with Crippen LogP contribution in [0.2, 0.25) is 0 Å². The van der Waals surface area contributed by atoms with Gasteiger partial charge in [0.15, 0.2) is 0 Å². The number of hydrogen-bond donors (Lipinski definition) is 3. The molecule has 8 rings (SSSR count). The highest BCUT2D eigenvalue weighted by atomic mass is 16.6. The normalized spacial score (nSPS) is 16.9. The quantitative estimate of drug-likeness (QED) is 0.126. The molecule has 2 saturated carbocycles. The molecule has 59 heavy (non-hydrogen) atoms. The Hall–Kier alpha value is -5.35. The molecule has 10 nitrogen and oxygen atoms in total. The molecule has 0 unspecified atom stereocenters. The number of aromatic amines is 2. The highest BCUT2D eigenvalue weighted by Gasteiger charge is 2.34. The number of nitrogens with zero attached hydrogens (tertiary/aromatic N) is 3. The Morgan fingerprint density at radius 2 is 1.14 bits per heavy atom. The highest BCUT2D eigenvalue weighted by molar-refractivity contribution is 5.77. The average molecular weight is 799 g/mol. The number of nitrogens with one attached hydrogen (secondary N) is 3. The predicted octanol–water partition coefficient (Wildman–Crippen LogP) is 12.5. The number of carbonyl (C=O) groups excluding carboxylic acids is 1. The first-order chi connectivity index (χ1) is 28.2. The summed E-state index contributed by atoms with van der Waals surface area (Å²) in [5, 5.41) is 3.71. The molecule has 2 aliphatic carbocycles. The Morgan fingerprint density at radius 1 is 0.678 bits per heavy atom. The summed E-state index contributed by atoms with van der Waals surface area (Å²) in [4.78, 5) is 29.7. The van der Waals surface area contributed by atoms with Crippen molar-refractivity contribution in [1.29, 1.82) is 0 Å². The van der Waals surface area contributed by atoms with Crippen LogP contribution in [0.25, 0.3) is 22.1 Å². The Bertz CT molecular complexity index is 2270. The number of imidazole rings is 2. The van der Waals surface area contributed by atoms with Gasteiger partial charge < -0.3 is 34.4 Å². The van der Waals surface area contributed by atoms with E-state index in [0.717, 1.165) is 82.9 Å². The lowest BCUT2D eigenvalue weighted by Crippen LogP contribution is -2.45. The maximum atomic E-state index is 13.1. The van der Waals surface area contributed by atoms with Crippen LogP contribution in [0.4, 0.5) is 4.79 Å². The summed E-state index contributed by atoms with van der Waals surface area (Å²) >= 11 is 0. The Morgan fingerprint density at radius 3 is 1.63 bits per heavy atom. The molecule has 3 N–H and O–H groups in total. The number of hydrogen-bond acceptors (Lipinski definition) is 7. The lowest BCUT2D eigenvalue weighted by molar-refractivity contribution is 0.00491. The number of fused-ring (bicyclic) bond motifs is 2. The van der Waals surface area contributed by atoms with Crippen LogP contribution in [-0.4, -0.2) is 48.6 Å². The molecule has 6 aromatic rings. The van der Waals surface area contributed by atoms with Crippen molar-refractivity contribution >= 4 is 28.2 Å². The van der Waals surface area contributed by atoms with E-state index in [2.05, 4.69) is 65.1 Å². The van der Waals surface area contributed by atoms with E-state index < -0.39 is 5.60 Å². The third-order valence-electron chi connectivity index (χ3n) is 11.8. The van der Waals surface area contributed by atoms with E-state index >= 15 is 0 Å². The topological polar surface area (TPSA) is 117 Å². The van der Waals surface area contributed by atoms with Crippen molar-refractivity contribution in [3.8, 4) is 23.0 Å². The number of amides is 1. The van der Waals surface area contributed by atoms with Gasteiger partial charge in [0, 0.05) is 37.3 Å². The van der Waals surface area contributed by atoms with Gasteiger partial charge in [-0.2, -0.15) is 0 Å². The molecule has 2 aromatic heterocycles. The zero-order valence-corrected chi connectivity index (χ0v) is 35.9. The van der Waals surface area contributed by atoms with Crippen LogP contribution in [0.3, 0.4) is 0 Å². The van der Waals surface area contributed by atoms with Gasteiger partial charge in [-0.25, -0.2) is 14.8 Å². The molecule has 0 bridgehead atoms. The maximum absolute atomic E-state index is 13.1. The molecule has 1 amide bonds. The molecule has 0 saturated heterocycles. The fraction of sp³-hybridized carbons (Fsp3) is 0.449. The predicted molar refractivity (Wildman–Crippen MR) is 236 cm³/mol. The maximum Gasteiger partial charge on any atom is 0.410 e. The molecule has 0 spiro atoms. The first-order valence-electron chi connectivity index (χ1n) is 21.3. The van der Waals surface area contributed by atoms with Gasteiger partial charge in [0.25, 0.3) is 0 Å². The Kier molecular flexibility index (Phi) is 12.7. The monoisotopic (exact) mass is 798 g/mol. The van der Waals surface area contributed by atoms with Gasteiger partial charge >= 0.3 is 6.09 Å². The summed E-state index contributed by atoms with van der Waals surface area (Å²) in [6.07, 6.45) is 12.6. The smallest absolute Gasteiger partial charge is 0.410 e. The second kappa shape index (κ2) is 17.9. The molecular formula is C49H62N6O4. The number of H-pyrrole nitrogens is 2. The van der Waals surface area contributed by atoms with E-state index in [1.165, 1.54) is 31.2 Å². The third kappa shape index (κ3) is 11.9. The second-order valence-electron chi connectivity index (χ2n) is 19.0. The van der Waals surface area contributed by atoms with Gasteiger partial charge in [-0.15, -0.1) is 0 Å². The largest absolute Gasteiger partial charge is 0.457 e. The molecule has 0 aliphatic heterocycles. The summed E-state index contributed by atoms with van der Waals surface area (Å²) < 4.78 is 17.7. The number of carbonyl (C=O) groups is 1. The Balaban J connectivity index is 0.000000184. The van der Waals surface area contributed by atoms with Gasteiger partial charge in [-0.1, -0.05) is 52.0 Å². The Labute approximate surface area is 349 Å². The molecular weight excluding hydrogens is 737 g/mol. The molecule has 0 atom stereocenters. The van der Waals surface area contributed by atoms with Crippen LogP contribution >= 0.6 is 0 Å². The number of aromatic nitrogens is 4. The van der Waals surface area contributed by atoms with Crippen molar-refractivity contribution in [2.75, 3.05) is 0 Å². The van der Waals surface area contributed by atoms with Gasteiger partial charge in [-0.05, 0) is 143 Å². The van der Waals surface area contributed by atoms with E-state index in [9.17, 15) is 4.79 Å². The minimum Gasteiger partial charge on any atom is -0.457 e. The van der Waals surface area contributed by atoms with Crippen LogP contribution in [-0.2, 0) is 17.8 Å². The van der Waals surface area contributed by atoms with E-state index in [4.69, 9.17) is 14.2 Å². The number of rotatable bonds is 10. The first-order valence-corrected chi connectivity index (χ1v) is 21.3. The van der Waals surface area contributed by atoms with Crippen LogP contribution in [0.15, 0.2) is 97.6 Å². The first kappa shape index (κ1) is 41.8. The fourth-order valence-corrected chi connectivity index (χ4v) is 7.99. The summed E-state index contributed by atoms with van der Waals surface area (Å²) in [5.41, 5.74) is 6.48. The van der Waals surface area contributed by atoms with E-state index in [-0.39, 0.29) is 12.1 Å². The van der Waals surface area contributed by atoms with E-state index in [1.807, 2.05) is 98.5 Å². The van der Waals surface area contributed by atoms with Gasteiger partial charge in [0.2, 0.25) is 0 Å². The van der Waals surface area contributed by atoms with Gasteiger partial charge in [0.05, 0.1) is 34.7 Å². The summed E-state index contributed by atoms with van der Waals surface area (Å²) in [6.45, 7) is 16.6. The molecule has 312 valence electrons. The zero-order chi connectivity index (χ0) is 41.6. The lowest BCUT2D eigenvalue weighted by atomic mass is 9.75. The van der Waals surface area contributed by atoms with Crippen LogP contribution < -0.4 is 14.8 Å². The molecule has 4 aromatic carbocycles. The number of benzene rings is 4. The number of ether oxygens (including phenoxy) is 3. The van der Waals surface area contributed by atoms with E-state index in [0.29, 0.717) is 23.4 Å². The molecule has 0 radical (unpaired) electrons. The third-order valence-corrected chi connectivity index (χ3v) is 11.8. The van der Waals surface area contributed by atoms with Crippen molar-refractivity contribution in [3.05, 3.63) is 109 Å². The summed E-state index contributed by atoms with van der Waals surface area (Å²) in [6, 6.07) is 28.8. The molecule has 2 fully saturated rings. The van der Waals surface area contributed by atoms with Crippen LogP contribution in [0.5, 0.6) is 23.0 Å². The van der Waals surface area contributed by atoms with Crippen molar-refractivity contribution in [1.82, 2.24) is 30.2 Å². The molecule has 2 aliphatic rings. The minimum absolute atomic E-state index is 0.199. The second-order valence-corrected chi connectivity index (χ2v) is 19.0.